The molecule has 8 heteroatoms. The van der Waals surface area contributed by atoms with E-state index in [1.807, 2.05) is 22.8 Å². The molecular formula is C20H21BrN4O3. The Morgan fingerprint density at radius 2 is 2.04 bits per heavy atom. The number of amides is 1. The zero-order chi connectivity index (χ0) is 19.7. The van der Waals surface area contributed by atoms with Crippen molar-refractivity contribution in [2.24, 2.45) is 5.92 Å². The van der Waals surface area contributed by atoms with E-state index in [4.69, 9.17) is 4.74 Å². The summed E-state index contributed by atoms with van der Waals surface area (Å²) in [6, 6.07) is 9.39. The topological polar surface area (TPSA) is 89.0 Å². The number of carbonyl (C=O) groups is 1. The van der Waals surface area contributed by atoms with Gasteiger partial charge in [0, 0.05) is 22.5 Å². The normalized spacial score (nSPS) is 19.5. The molecule has 1 aromatic carbocycles. The van der Waals surface area contributed by atoms with E-state index >= 15 is 0 Å². The molecule has 2 N–H and O–H groups in total. The molecule has 0 spiro atoms. The molecule has 0 bridgehead atoms. The fraction of sp³-hybridized carbons (Fsp3) is 0.350. The zero-order valence-corrected chi connectivity index (χ0v) is 17.0. The molecule has 1 amide bonds. The number of hydrogen-bond acceptors (Lipinski definition) is 4. The number of aromatic nitrogens is 3. The number of nitrogens with one attached hydrogen (secondary N) is 2. The van der Waals surface area contributed by atoms with Gasteiger partial charge in [-0.25, -0.2) is 9.78 Å². The van der Waals surface area contributed by atoms with Gasteiger partial charge in [0.15, 0.2) is 0 Å². The Morgan fingerprint density at radius 3 is 2.71 bits per heavy atom. The molecule has 1 saturated carbocycles. The van der Waals surface area contributed by atoms with Gasteiger partial charge in [0.1, 0.15) is 0 Å². The summed E-state index contributed by atoms with van der Waals surface area (Å²) in [5, 5.41) is 2.92. The average molecular weight is 445 g/mol. The Bertz CT molecular complexity index is 1050. The molecule has 4 rings (SSSR count). The lowest BCUT2D eigenvalue weighted by Gasteiger charge is -2.28. The van der Waals surface area contributed by atoms with Crippen LogP contribution in [0.15, 0.2) is 45.8 Å². The van der Waals surface area contributed by atoms with Crippen LogP contribution >= 0.6 is 15.9 Å². The second kappa shape index (κ2) is 7.79. The Hall–Kier alpha value is -2.61. The number of anilines is 1. The first-order chi connectivity index (χ1) is 13.6. The first-order valence-corrected chi connectivity index (χ1v) is 10.1. The minimum atomic E-state index is -0.0980. The van der Waals surface area contributed by atoms with Crippen molar-refractivity contribution in [1.82, 2.24) is 14.5 Å². The summed E-state index contributed by atoms with van der Waals surface area (Å²) >= 11 is 3.49. The molecular weight excluding hydrogens is 424 g/mol. The van der Waals surface area contributed by atoms with Crippen molar-refractivity contribution in [2.75, 3.05) is 12.4 Å². The molecule has 2 heterocycles. The maximum absolute atomic E-state index is 12.6. The predicted molar refractivity (Wildman–Crippen MR) is 111 cm³/mol. The second-order valence-electron chi connectivity index (χ2n) is 7.02. The second-order valence-corrected chi connectivity index (χ2v) is 7.87. The molecule has 1 aliphatic rings. The number of methoxy groups -OCH3 is 1. The van der Waals surface area contributed by atoms with Gasteiger partial charge in [-0.2, -0.15) is 0 Å². The highest BCUT2D eigenvalue weighted by Gasteiger charge is 2.29. The standard InChI is InChI=1S/C20H21BrN4O3/c1-28-17-10-7-13(11-22-17)23-19(26)12-5-8-14(9-6-12)25-16-4-2-3-15(21)18(16)24-20(25)27/h2-4,7,10-12,14H,5-6,8-9H2,1H3,(H,23,26)(H,24,27). The summed E-state index contributed by atoms with van der Waals surface area (Å²) in [4.78, 5) is 32.1. The Morgan fingerprint density at radius 1 is 1.25 bits per heavy atom. The number of halogens is 1. The molecule has 0 radical (unpaired) electrons. The van der Waals surface area contributed by atoms with Crippen LogP contribution in [-0.2, 0) is 4.79 Å². The molecule has 0 unspecified atom stereocenters. The maximum atomic E-state index is 12.6. The number of rotatable bonds is 4. The highest BCUT2D eigenvalue weighted by atomic mass is 79.9. The fourth-order valence-electron chi connectivity index (χ4n) is 3.89. The lowest BCUT2D eigenvalue weighted by molar-refractivity contribution is -0.121. The smallest absolute Gasteiger partial charge is 0.326 e. The lowest BCUT2D eigenvalue weighted by atomic mass is 9.85. The van der Waals surface area contributed by atoms with E-state index in [0.717, 1.165) is 41.2 Å². The zero-order valence-electron chi connectivity index (χ0n) is 15.4. The maximum Gasteiger partial charge on any atom is 0.326 e. The van der Waals surface area contributed by atoms with Crippen molar-refractivity contribution in [2.45, 2.75) is 31.7 Å². The van der Waals surface area contributed by atoms with Crippen LogP contribution in [0.5, 0.6) is 5.88 Å². The monoisotopic (exact) mass is 444 g/mol. The van der Waals surface area contributed by atoms with E-state index in [-0.39, 0.29) is 23.6 Å². The van der Waals surface area contributed by atoms with Crippen molar-refractivity contribution >= 4 is 38.6 Å². The predicted octanol–water partition coefficient (Wildman–Crippen LogP) is 3.87. The number of benzene rings is 1. The van der Waals surface area contributed by atoms with Gasteiger partial charge in [-0.05, 0) is 59.8 Å². The van der Waals surface area contributed by atoms with Gasteiger partial charge < -0.3 is 15.0 Å². The minimum absolute atomic E-state index is 0.000523. The number of imidazole rings is 1. The lowest BCUT2D eigenvalue weighted by Crippen LogP contribution is -2.31. The van der Waals surface area contributed by atoms with Crippen LogP contribution in [0.25, 0.3) is 11.0 Å². The summed E-state index contributed by atoms with van der Waals surface area (Å²) in [6.07, 6.45) is 4.66. The van der Waals surface area contributed by atoms with Gasteiger partial charge in [-0.15, -0.1) is 0 Å². The molecule has 7 nitrogen and oxygen atoms in total. The number of H-pyrrole nitrogens is 1. The number of aromatic amines is 1. The molecule has 1 aliphatic carbocycles. The summed E-state index contributed by atoms with van der Waals surface area (Å²) < 4.78 is 7.74. The molecule has 0 atom stereocenters. The van der Waals surface area contributed by atoms with E-state index in [2.05, 4.69) is 31.2 Å². The number of fused-ring (bicyclic) bond motifs is 1. The Balaban J connectivity index is 1.43. The fourth-order valence-corrected chi connectivity index (χ4v) is 4.35. The largest absolute Gasteiger partial charge is 0.481 e. The van der Waals surface area contributed by atoms with Gasteiger partial charge in [-0.3, -0.25) is 9.36 Å². The van der Waals surface area contributed by atoms with Crippen molar-refractivity contribution < 1.29 is 9.53 Å². The van der Waals surface area contributed by atoms with Gasteiger partial charge in [0.05, 0.1) is 30.0 Å². The first kappa shape index (κ1) is 18.7. The summed E-state index contributed by atoms with van der Waals surface area (Å²) in [6.45, 7) is 0. The van der Waals surface area contributed by atoms with Gasteiger partial charge in [0.25, 0.3) is 0 Å². The summed E-state index contributed by atoms with van der Waals surface area (Å²) in [7, 11) is 1.55. The molecule has 28 heavy (non-hydrogen) atoms. The average Bonchev–Trinajstić information content (AvgIpc) is 3.06. The number of pyridine rings is 1. The number of hydrogen-bond donors (Lipinski definition) is 2. The molecule has 146 valence electrons. The van der Waals surface area contributed by atoms with Crippen LogP contribution < -0.4 is 15.7 Å². The van der Waals surface area contributed by atoms with E-state index in [9.17, 15) is 9.59 Å². The third-order valence-electron chi connectivity index (χ3n) is 5.35. The highest BCUT2D eigenvalue weighted by Crippen LogP contribution is 2.34. The third-order valence-corrected chi connectivity index (χ3v) is 6.01. The molecule has 1 fully saturated rings. The number of para-hydroxylation sites is 1. The minimum Gasteiger partial charge on any atom is -0.481 e. The van der Waals surface area contributed by atoms with Crippen molar-refractivity contribution in [3.8, 4) is 5.88 Å². The van der Waals surface area contributed by atoms with Crippen LogP contribution in [-0.4, -0.2) is 27.6 Å². The summed E-state index contributed by atoms with van der Waals surface area (Å²) in [5.41, 5.74) is 2.28. The van der Waals surface area contributed by atoms with Gasteiger partial charge in [-0.1, -0.05) is 6.07 Å². The van der Waals surface area contributed by atoms with Crippen LogP contribution in [0.4, 0.5) is 5.69 Å². The molecule has 0 saturated heterocycles. The van der Waals surface area contributed by atoms with E-state index in [1.165, 1.54) is 0 Å². The van der Waals surface area contributed by atoms with Crippen LogP contribution in [0.3, 0.4) is 0 Å². The van der Waals surface area contributed by atoms with Crippen LogP contribution in [0.2, 0.25) is 0 Å². The SMILES string of the molecule is COc1ccc(NC(=O)C2CCC(n3c(=O)[nH]c4c(Br)cccc43)CC2)cn1. The molecule has 2 aromatic heterocycles. The quantitative estimate of drug-likeness (QED) is 0.638. The Labute approximate surface area is 170 Å². The Kier molecular flexibility index (Phi) is 5.21. The molecule has 0 aliphatic heterocycles. The third kappa shape index (κ3) is 3.56. The number of ether oxygens (including phenoxy) is 1. The first-order valence-electron chi connectivity index (χ1n) is 9.26. The summed E-state index contributed by atoms with van der Waals surface area (Å²) in [5.74, 6) is 0.444. The van der Waals surface area contributed by atoms with E-state index in [1.54, 1.807) is 25.4 Å². The van der Waals surface area contributed by atoms with Crippen molar-refractivity contribution in [3.63, 3.8) is 0 Å². The van der Waals surface area contributed by atoms with Crippen LogP contribution in [0.1, 0.15) is 31.7 Å². The van der Waals surface area contributed by atoms with Gasteiger partial charge in [0.2, 0.25) is 11.8 Å². The van der Waals surface area contributed by atoms with E-state index in [0.29, 0.717) is 11.6 Å². The number of carbonyl (C=O) groups excluding carboxylic acids is 1. The molecule has 3 aromatic rings. The number of nitrogens with zero attached hydrogens (tertiary/aromatic N) is 2. The van der Waals surface area contributed by atoms with Crippen molar-refractivity contribution in [3.05, 3.63) is 51.5 Å². The van der Waals surface area contributed by atoms with Crippen molar-refractivity contribution in [1.29, 1.82) is 0 Å². The van der Waals surface area contributed by atoms with Crippen LogP contribution in [0, 0.1) is 5.92 Å². The van der Waals surface area contributed by atoms with Gasteiger partial charge >= 0.3 is 5.69 Å². The van der Waals surface area contributed by atoms with E-state index < -0.39 is 0 Å². The highest BCUT2D eigenvalue weighted by molar-refractivity contribution is 9.10.